The third-order valence-electron chi connectivity index (χ3n) is 7.35. The van der Waals surface area contributed by atoms with Crippen molar-refractivity contribution in [3.05, 3.63) is 72.3 Å². The quantitative estimate of drug-likeness (QED) is 0.401. The predicted molar refractivity (Wildman–Crippen MR) is 154 cm³/mol. The van der Waals surface area contributed by atoms with Gasteiger partial charge in [0.2, 0.25) is 21.8 Å². The second-order valence-corrected chi connectivity index (χ2v) is 12.1. The molecule has 1 saturated carbocycles. The van der Waals surface area contributed by atoms with Gasteiger partial charge in [-0.1, -0.05) is 67.8 Å². The Morgan fingerprint density at radius 1 is 0.974 bits per heavy atom. The van der Waals surface area contributed by atoms with E-state index in [4.69, 9.17) is 4.74 Å². The Hall–Kier alpha value is -3.59. The summed E-state index contributed by atoms with van der Waals surface area (Å²) in [4.78, 5) is 28.7. The number of carbonyl (C=O) groups excluding carboxylic acids is 2. The molecule has 0 aromatic heterocycles. The van der Waals surface area contributed by atoms with Crippen LogP contribution in [0, 0.1) is 0 Å². The summed E-state index contributed by atoms with van der Waals surface area (Å²) in [6, 6.07) is 19.4. The van der Waals surface area contributed by atoms with E-state index in [2.05, 4.69) is 5.32 Å². The number of fused-ring (bicyclic) bond motifs is 1. The first-order valence-corrected chi connectivity index (χ1v) is 15.2. The third-order valence-corrected chi connectivity index (χ3v) is 8.47. The highest BCUT2D eigenvalue weighted by molar-refractivity contribution is 7.92. The van der Waals surface area contributed by atoms with Crippen LogP contribution in [0.5, 0.6) is 5.75 Å². The minimum atomic E-state index is -3.82. The van der Waals surface area contributed by atoms with Gasteiger partial charge in [-0.2, -0.15) is 0 Å². The van der Waals surface area contributed by atoms with Gasteiger partial charge in [0, 0.05) is 18.0 Å². The van der Waals surface area contributed by atoms with Gasteiger partial charge in [-0.15, -0.1) is 0 Å². The number of hydrogen-bond donors (Lipinski definition) is 1. The van der Waals surface area contributed by atoms with Gasteiger partial charge in [0.1, 0.15) is 18.3 Å². The van der Waals surface area contributed by atoms with Gasteiger partial charge in [-0.05, 0) is 48.9 Å². The predicted octanol–water partition coefficient (Wildman–Crippen LogP) is 4.48. The maximum Gasteiger partial charge on any atom is 0.244 e. The number of carbonyl (C=O) groups is 2. The maximum absolute atomic E-state index is 13.9. The zero-order valence-corrected chi connectivity index (χ0v) is 23.6. The Bertz CT molecular complexity index is 1400. The van der Waals surface area contributed by atoms with Crippen LogP contribution in [0.1, 0.15) is 44.6 Å². The average Bonchev–Trinajstić information content (AvgIpc) is 2.94. The van der Waals surface area contributed by atoms with Crippen LogP contribution in [0.15, 0.2) is 66.7 Å². The van der Waals surface area contributed by atoms with Crippen molar-refractivity contribution < 1.29 is 22.7 Å². The Morgan fingerprint density at radius 3 is 2.31 bits per heavy atom. The number of nitrogens with one attached hydrogen (secondary N) is 1. The molecule has 39 heavy (non-hydrogen) atoms. The SMILES string of the molecule is COc1ccc(CN(C(=O)CN(c2cccc3ccccc23)S(C)(=O)=O)[C@H](C)C(=O)NC2CCCCC2)cc1. The molecule has 0 heterocycles. The average molecular weight is 552 g/mol. The molecule has 3 aromatic carbocycles. The molecule has 1 atom stereocenters. The Kier molecular flexibility index (Phi) is 9.12. The first-order valence-electron chi connectivity index (χ1n) is 13.4. The summed E-state index contributed by atoms with van der Waals surface area (Å²) in [5, 5.41) is 4.70. The normalized spacial score (nSPS) is 14.9. The molecule has 1 aliphatic carbocycles. The maximum atomic E-state index is 13.9. The van der Waals surface area contributed by atoms with Gasteiger partial charge in [-0.25, -0.2) is 8.42 Å². The number of rotatable bonds is 10. The molecular formula is C30H37N3O5S. The van der Waals surface area contributed by atoms with Crippen LogP contribution in [0.3, 0.4) is 0 Å². The highest BCUT2D eigenvalue weighted by atomic mass is 32.2. The van der Waals surface area contributed by atoms with E-state index in [-0.39, 0.29) is 18.5 Å². The van der Waals surface area contributed by atoms with E-state index < -0.39 is 28.5 Å². The van der Waals surface area contributed by atoms with Crippen molar-refractivity contribution in [3.63, 3.8) is 0 Å². The summed E-state index contributed by atoms with van der Waals surface area (Å²) in [5.41, 5.74) is 1.23. The lowest BCUT2D eigenvalue weighted by atomic mass is 9.95. The molecule has 0 spiro atoms. The van der Waals surface area contributed by atoms with Gasteiger partial charge in [0.15, 0.2) is 0 Å². The lowest BCUT2D eigenvalue weighted by Crippen LogP contribution is -2.53. The number of benzene rings is 3. The third kappa shape index (κ3) is 7.09. The number of hydrogen-bond acceptors (Lipinski definition) is 5. The number of sulfonamides is 1. The molecule has 1 fully saturated rings. The smallest absolute Gasteiger partial charge is 0.244 e. The van der Waals surface area contributed by atoms with Crippen LogP contribution in [0.2, 0.25) is 0 Å². The van der Waals surface area contributed by atoms with E-state index in [1.807, 2.05) is 42.5 Å². The van der Waals surface area contributed by atoms with Crippen LogP contribution in [-0.4, -0.2) is 57.1 Å². The minimum absolute atomic E-state index is 0.0924. The minimum Gasteiger partial charge on any atom is -0.497 e. The van der Waals surface area contributed by atoms with Crippen LogP contribution in [-0.2, 0) is 26.2 Å². The number of methoxy groups -OCH3 is 1. The summed E-state index contributed by atoms with van der Waals surface area (Å²) >= 11 is 0. The van der Waals surface area contributed by atoms with E-state index >= 15 is 0 Å². The molecule has 3 aromatic rings. The molecule has 1 aliphatic rings. The van der Waals surface area contributed by atoms with Crippen molar-refractivity contribution in [2.45, 2.75) is 57.7 Å². The summed E-state index contributed by atoms with van der Waals surface area (Å²) < 4.78 is 32.4. The lowest BCUT2D eigenvalue weighted by Gasteiger charge is -2.33. The second-order valence-electron chi connectivity index (χ2n) is 10.2. The van der Waals surface area contributed by atoms with E-state index in [0.29, 0.717) is 11.4 Å². The van der Waals surface area contributed by atoms with E-state index in [1.165, 1.54) is 11.3 Å². The number of anilines is 1. The van der Waals surface area contributed by atoms with Crippen molar-refractivity contribution >= 4 is 38.3 Å². The summed E-state index contributed by atoms with van der Waals surface area (Å²) in [5.74, 6) is -0.0192. The molecule has 0 radical (unpaired) electrons. The molecule has 0 aliphatic heterocycles. The molecular weight excluding hydrogens is 514 g/mol. The Labute approximate surface area is 231 Å². The first-order chi connectivity index (χ1) is 18.7. The lowest BCUT2D eigenvalue weighted by molar-refractivity contribution is -0.139. The molecule has 0 bridgehead atoms. The Morgan fingerprint density at radius 2 is 1.64 bits per heavy atom. The van der Waals surface area contributed by atoms with Crippen molar-refractivity contribution in [1.82, 2.24) is 10.2 Å². The molecule has 0 unspecified atom stereocenters. The zero-order chi connectivity index (χ0) is 28.0. The fourth-order valence-corrected chi connectivity index (χ4v) is 5.96. The van der Waals surface area contributed by atoms with Gasteiger partial charge in [0.05, 0.1) is 19.1 Å². The van der Waals surface area contributed by atoms with Crippen LogP contribution < -0.4 is 14.4 Å². The number of amides is 2. The second kappa shape index (κ2) is 12.5. The van der Waals surface area contributed by atoms with Crippen molar-refractivity contribution in [2.24, 2.45) is 0 Å². The van der Waals surface area contributed by atoms with Crippen LogP contribution in [0.25, 0.3) is 10.8 Å². The van der Waals surface area contributed by atoms with Crippen LogP contribution >= 0.6 is 0 Å². The highest BCUT2D eigenvalue weighted by Gasteiger charge is 2.31. The van der Waals surface area contributed by atoms with Crippen molar-refractivity contribution in [1.29, 1.82) is 0 Å². The fourth-order valence-electron chi connectivity index (χ4n) is 5.10. The molecule has 2 amide bonds. The summed E-state index contributed by atoms with van der Waals surface area (Å²) in [6.45, 7) is 1.42. The van der Waals surface area contributed by atoms with Gasteiger partial charge < -0.3 is 15.0 Å². The largest absolute Gasteiger partial charge is 0.497 e. The van der Waals surface area contributed by atoms with E-state index in [0.717, 1.165) is 52.6 Å². The van der Waals surface area contributed by atoms with Gasteiger partial charge >= 0.3 is 0 Å². The molecule has 0 saturated heterocycles. The van der Waals surface area contributed by atoms with Crippen LogP contribution in [0.4, 0.5) is 5.69 Å². The fraction of sp³-hybridized carbons (Fsp3) is 0.400. The molecule has 8 nitrogen and oxygen atoms in total. The van der Waals surface area contributed by atoms with Crippen molar-refractivity contribution in [2.75, 3.05) is 24.2 Å². The molecule has 208 valence electrons. The first kappa shape index (κ1) is 28.4. The number of nitrogens with zero attached hydrogens (tertiary/aromatic N) is 2. The standard InChI is InChI=1S/C30H37N3O5S/c1-22(30(35)31-25-12-5-4-6-13-25)32(20-23-16-18-26(38-2)19-17-23)29(34)21-33(39(3,36)37)28-15-9-11-24-10-7-8-14-27(24)28/h7-11,14-19,22,25H,4-6,12-13,20-21H2,1-3H3,(H,31,35)/t22-/m1/s1. The molecule has 9 heteroatoms. The van der Waals surface area contributed by atoms with Gasteiger partial charge in [0.25, 0.3) is 0 Å². The topological polar surface area (TPSA) is 96.0 Å². The zero-order valence-electron chi connectivity index (χ0n) is 22.8. The number of ether oxygens (including phenoxy) is 1. The van der Waals surface area contributed by atoms with Crippen molar-refractivity contribution in [3.8, 4) is 5.75 Å². The molecule has 1 N–H and O–H groups in total. The monoisotopic (exact) mass is 551 g/mol. The summed E-state index contributed by atoms with van der Waals surface area (Å²) in [7, 11) is -2.24. The molecule has 4 rings (SSSR count). The Balaban J connectivity index is 1.64. The summed E-state index contributed by atoms with van der Waals surface area (Å²) in [6.07, 6.45) is 6.25. The highest BCUT2D eigenvalue weighted by Crippen LogP contribution is 2.29. The van der Waals surface area contributed by atoms with Gasteiger partial charge in [-0.3, -0.25) is 13.9 Å². The van der Waals surface area contributed by atoms with E-state index in [1.54, 1.807) is 38.3 Å². The van der Waals surface area contributed by atoms with E-state index in [9.17, 15) is 18.0 Å².